The molecule has 7 nitrogen and oxygen atoms in total. The minimum atomic E-state index is -0.242. The van der Waals surface area contributed by atoms with Crippen LogP contribution in [-0.4, -0.2) is 29.2 Å². The average molecular weight is 374 g/mol. The molecule has 140 valence electrons. The first-order chi connectivity index (χ1) is 13.8. The number of benzene rings is 2. The summed E-state index contributed by atoms with van der Waals surface area (Å²) in [5, 5.41) is 2.90. The van der Waals surface area contributed by atoms with Crippen LogP contribution >= 0.6 is 0 Å². The minimum absolute atomic E-state index is 0.231. The number of rotatable bonds is 4. The summed E-state index contributed by atoms with van der Waals surface area (Å²) < 4.78 is 10.7. The number of nitrogens with one attached hydrogen (secondary N) is 1. The number of carbonyl (C=O) groups is 1. The van der Waals surface area contributed by atoms with E-state index in [0.717, 1.165) is 35.8 Å². The molecule has 1 N–H and O–H groups in total. The van der Waals surface area contributed by atoms with Gasteiger partial charge in [-0.05, 0) is 35.7 Å². The van der Waals surface area contributed by atoms with E-state index < -0.39 is 0 Å². The number of hydrogen-bond acceptors (Lipinski definition) is 6. The van der Waals surface area contributed by atoms with E-state index in [1.807, 2.05) is 30.3 Å². The third-order valence-corrected chi connectivity index (χ3v) is 4.94. The summed E-state index contributed by atoms with van der Waals surface area (Å²) in [6.07, 6.45) is 2.40. The average Bonchev–Trinajstić information content (AvgIpc) is 3.38. The van der Waals surface area contributed by atoms with E-state index in [1.54, 1.807) is 6.07 Å². The molecule has 0 saturated carbocycles. The van der Waals surface area contributed by atoms with E-state index in [9.17, 15) is 4.79 Å². The summed E-state index contributed by atoms with van der Waals surface area (Å²) in [5.41, 5.74) is 3.69. The number of hydrogen-bond donors (Lipinski definition) is 1. The number of aromatic nitrogens is 2. The lowest BCUT2D eigenvalue weighted by Crippen LogP contribution is -2.24. The zero-order chi connectivity index (χ0) is 18.9. The van der Waals surface area contributed by atoms with Gasteiger partial charge in [0.25, 0.3) is 5.91 Å². The van der Waals surface area contributed by atoms with E-state index in [4.69, 9.17) is 9.47 Å². The maximum Gasteiger partial charge on any atom is 0.270 e. The van der Waals surface area contributed by atoms with Gasteiger partial charge in [-0.2, -0.15) is 0 Å². The molecule has 2 aliphatic heterocycles. The Morgan fingerprint density at radius 2 is 1.96 bits per heavy atom. The van der Waals surface area contributed by atoms with E-state index in [-0.39, 0.29) is 12.7 Å². The number of para-hydroxylation sites is 1. The van der Waals surface area contributed by atoms with Crippen LogP contribution in [0.3, 0.4) is 0 Å². The standard InChI is InChI=1S/C21H18N4O3/c26-21(22-11-14-5-6-18-19(9-14)28-13-27-18)16-10-20(24-12-23-16)25-8-7-15-3-1-2-4-17(15)25/h1-6,9-10,12H,7-8,11,13H2,(H,22,26). The lowest BCUT2D eigenvalue weighted by atomic mass is 10.2. The van der Waals surface area contributed by atoms with E-state index in [0.29, 0.717) is 18.0 Å². The second-order valence-electron chi connectivity index (χ2n) is 6.66. The largest absolute Gasteiger partial charge is 0.454 e. The van der Waals surface area contributed by atoms with E-state index in [2.05, 4.69) is 32.3 Å². The van der Waals surface area contributed by atoms with Crippen LogP contribution in [0, 0.1) is 0 Å². The molecule has 1 aromatic heterocycles. The van der Waals surface area contributed by atoms with Crippen molar-refractivity contribution in [3.05, 3.63) is 71.7 Å². The van der Waals surface area contributed by atoms with Crippen LogP contribution in [-0.2, 0) is 13.0 Å². The van der Waals surface area contributed by atoms with Crippen molar-refractivity contribution >= 4 is 17.4 Å². The van der Waals surface area contributed by atoms with Gasteiger partial charge in [0.05, 0.1) is 0 Å². The van der Waals surface area contributed by atoms with Gasteiger partial charge < -0.3 is 19.7 Å². The first-order valence-corrected chi connectivity index (χ1v) is 9.12. The SMILES string of the molecule is O=C(NCc1ccc2c(c1)OCO2)c1cc(N2CCc3ccccc32)ncn1. The Labute approximate surface area is 161 Å². The topological polar surface area (TPSA) is 76.6 Å². The number of fused-ring (bicyclic) bond motifs is 2. The fraction of sp³-hybridized carbons (Fsp3) is 0.190. The second-order valence-corrected chi connectivity index (χ2v) is 6.66. The predicted molar refractivity (Wildman–Crippen MR) is 103 cm³/mol. The highest BCUT2D eigenvalue weighted by atomic mass is 16.7. The zero-order valence-corrected chi connectivity index (χ0v) is 15.1. The van der Waals surface area contributed by atoms with Gasteiger partial charge in [0.1, 0.15) is 17.8 Å². The lowest BCUT2D eigenvalue weighted by molar-refractivity contribution is 0.0945. The Balaban J connectivity index is 1.30. The van der Waals surface area contributed by atoms with Gasteiger partial charge in [-0.25, -0.2) is 9.97 Å². The number of carbonyl (C=O) groups excluding carboxylic acids is 1. The highest BCUT2D eigenvalue weighted by Gasteiger charge is 2.22. The molecule has 0 atom stereocenters. The zero-order valence-electron chi connectivity index (χ0n) is 15.1. The molecule has 1 amide bonds. The highest BCUT2D eigenvalue weighted by Crippen LogP contribution is 2.33. The highest BCUT2D eigenvalue weighted by molar-refractivity contribution is 5.93. The molecule has 5 rings (SSSR count). The molecule has 28 heavy (non-hydrogen) atoms. The van der Waals surface area contributed by atoms with Crippen molar-refractivity contribution in [2.24, 2.45) is 0 Å². The van der Waals surface area contributed by atoms with Gasteiger partial charge in [-0.1, -0.05) is 24.3 Å². The third kappa shape index (κ3) is 3.00. The molecular weight excluding hydrogens is 356 g/mol. The van der Waals surface area contributed by atoms with Gasteiger partial charge >= 0.3 is 0 Å². The van der Waals surface area contributed by atoms with Gasteiger partial charge in [0.15, 0.2) is 11.5 Å². The minimum Gasteiger partial charge on any atom is -0.454 e. The Morgan fingerprint density at radius 1 is 1.07 bits per heavy atom. The van der Waals surface area contributed by atoms with Crippen LogP contribution in [0.5, 0.6) is 11.5 Å². The normalized spacial score (nSPS) is 14.1. The van der Waals surface area contributed by atoms with Crippen LogP contribution in [0.2, 0.25) is 0 Å². The fourth-order valence-corrected chi connectivity index (χ4v) is 3.52. The van der Waals surface area contributed by atoms with Crippen molar-refractivity contribution < 1.29 is 14.3 Å². The maximum absolute atomic E-state index is 12.6. The number of nitrogens with zero attached hydrogens (tertiary/aromatic N) is 3. The fourth-order valence-electron chi connectivity index (χ4n) is 3.52. The molecular formula is C21H18N4O3. The van der Waals surface area contributed by atoms with Crippen molar-refractivity contribution in [3.8, 4) is 11.5 Å². The molecule has 0 bridgehead atoms. The lowest BCUT2D eigenvalue weighted by Gasteiger charge is -2.18. The van der Waals surface area contributed by atoms with Crippen LogP contribution < -0.4 is 19.7 Å². The van der Waals surface area contributed by atoms with Crippen molar-refractivity contribution in [3.63, 3.8) is 0 Å². The molecule has 3 heterocycles. The molecule has 0 fully saturated rings. The number of anilines is 2. The van der Waals surface area contributed by atoms with Gasteiger partial charge in [0.2, 0.25) is 6.79 Å². The number of amides is 1. The molecule has 0 radical (unpaired) electrons. The van der Waals surface area contributed by atoms with Gasteiger partial charge in [0, 0.05) is 24.8 Å². The maximum atomic E-state index is 12.6. The first kappa shape index (κ1) is 16.6. The van der Waals surface area contributed by atoms with Crippen LogP contribution in [0.4, 0.5) is 11.5 Å². The summed E-state index contributed by atoms with van der Waals surface area (Å²) in [6.45, 7) is 1.45. The Bertz CT molecular complexity index is 1050. The summed E-state index contributed by atoms with van der Waals surface area (Å²) in [7, 11) is 0. The van der Waals surface area contributed by atoms with Gasteiger partial charge in [-0.15, -0.1) is 0 Å². The van der Waals surface area contributed by atoms with E-state index >= 15 is 0 Å². The Kier molecular flexibility index (Phi) is 4.05. The monoisotopic (exact) mass is 374 g/mol. The quantitative estimate of drug-likeness (QED) is 0.757. The third-order valence-electron chi connectivity index (χ3n) is 4.94. The molecule has 2 aliphatic rings. The first-order valence-electron chi connectivity index (χ1n) is 9.12. The van der Waals surface area contributed by atoms with Crippen LogP contribution in [0.25, 0.3) is 0 Å². The van der Waals surface area contributed by atoms with Crippen molar-refractivity contribution in [2.75, 3.05) is 18.2 Å². The Morgan fingerprint density at radius 3 is 2.93 bits per heavy atom. The summed E-state index contributed by atoms with van der Waals surface area (Å²) in [4.78, 5) is 23.2. The predicted octanol–water partition coefficient (Wildman–Crippen LogP) is 2.83. The molecule has 2 aromatic carbocycles. The van der Waals surface area contributed by atoms with Gasteiger partial charge in [-0.3, -0.25) is 4.79 Å². The van der Waals surface area contributed by atoms with Crippen LogP contribution in [0.15, 0.2) is 54.9 Å². The molecule has 7 heteroatoms. The second kappa shape index (κ2) is 6.84. The van der Waals surface area contributed by atoms with Crippen molar-refractivity contribution in [2.45, 2.75) is 13.0 Å². The molecule has 0 unspecified atom stereocenters. The smallest absolute Gasteiger partial charge is 0.270 e. The summed E-state index contributed by atoms with van der Waals surface area (Å²) in [6, 6.07) is 15.6. The Hall–Kier alpha value is -3.61. The van der Waals surface area contributed by atoms with Crippen molar-refractivity contribution in [1.82, 2.24) is 15.3 Å². The molecule has 0 aliphatic carbocycles. The molecule has 0 spiro atoms. The molecule has 0 saturated heterocycles. The molecule has 3 aromatic rings. The number of ether oxygens (including phenoxy) is 2. The van der Waals surface area contributed by atoms with E-state index in [1.165, 1.54) is 11.9 Å². The van der Waals surface area contributed by atoms with Crippen LogP contribution in [0.1, 0.15) is 21.6 Å². The summed E-state index contributed by atoms with van der Waals surface area (Å²) >= 11 is 0. The van der Waals surface area contributed by atoms with Crippen molar-refractivity contribution in [1.29, 1.82) is 0 Å². The summed E-state index contributed by atoms with van der Waals surface area (Å²) in [5.74, 6) is 1.91.